The van der Waals surface area contributed by atoms with Gasteiger partial charge in [-0.05, 0) is 12.5 Å². The topological polar surface area (TPSA) is 30.7 Å². The van der Waals surface area contributed by atoms with E-state index in [0.29, 0.717) is 6.44 Å². The highest BCUT2D eigenvalue weighted by Crippen LogP contribution is 2.14. The van der Waals surface area contributed by atoms with Crippen LogP contribution in [0.25, 0.3) is 0 Å². The van der Waals surface area contributed by atoms with Crippen LogP contribution in [-0.2, 0) is 17.9 Å². The van der Waals surface area contributed by atoms with Crippen molar-refractivity contribution in [1.82, 2.24) is 15.0 Å². The molecule has 0 atom stereocenters. The summed E-state index contributed by atoms with van der Waals surface area (Å²) >= 11 is 3.51. The molecule has 0 bridgehead atoms. The summed E-state index contributed by atoms with van der Waals surface area (Å²) in [6.45, 7) is 0. The van der Waals surface area contributed by atoms with Crippen LogP contribution >= 0.6 is 23.5 Å². The Morgan fingerprint density at radius 2 is 1.62 bits per heavy atom. The van der Waals surface area contributed by atoms with Crippen molar-refractivity contribution in [3.8, 4) is 0 Å². The molecule has 1 aromatic heterocycles. The summed E-state index contributed by atoms with van der Waals surface area (Å²) in [5, 5.41) is 8.57. The van der Waals surface area contributed by atoms with Gasteiger partial charge in [0.25, 0.3) is 0 Å². The average Bonchev–Trinajstić information content (AvgIpc) is 2.50. The van der Waals surface area contributed by atoms with Crippen LogP contribution in [0, 0.1) is 0 Å². The molecule has 70 valence electrons. The first kappa shape index (κ1) is 11.0. The maximum atomic E-state index is 5.45. The Kier molecular flexibility index (Phi) is 4.73. The van der Waals surface area contributed by atoms with Crippen molar-refractivity contribution in [3.63, 3.8) is 0 Å². The molecular weight excluding hydrogens is 201 g/mol. The highest BCUT2D eigenvalue weighted by atomic mass is 32.2. The predicted octanol–water partition coefficient (Wildman–Crippen LogP) is 1.13. The van der Waals surface area contributed by atoms with Gasteiger partial charge in [0.15, 0.2) is 0 Å². The first-order chi connectivity index (χ1) is 6.31. The van der Waals surface area contributed by atoms with Gasteiger partial charge in [0.05, 0.1) is 19.2 Å². The number of hydrogen-bond acceptors (Lipinski definition) is 4. The molecule has 0 fully saturated rings. The lowest BCUT2D eigenvalue weighted by molar-refractivity contribution is 0.626. The number of hydrogen-bond donors (Lipinski definition) is 0. The van der Waals surface area contributed by atoms with Crippen LogP contribution in [0.5, 0.6) is 0 Å². The molecule has 2 radical (unpaired) electrons. The van der Waals surface area contributed by atoms with E-state index >= 15 is 0 Å². The Balaban J connectivity index is 2.79. The van der Waals surface area contributed by atoms with Gasteiger partial charge in [0.2, 0.25) is 0 Å². The molecule has 1 rings (SSSR count). The maximum Gasteiger partial charge on any atom is 0.0997 e. The summed E-state index contributed by atoms with van der Waals surface area (Å²) in [4.78, 5) is 1.55. The fraction of sp³-hybridized carbons (Fsp3) is 0.714. The lowest BCUT2D eigenvalue weighted by atomic mass is 10.2. The quantitative estimate of drug-likeness (QED) is 0.686. The zero-order valence-corrected chi connectivity index (χ0v) is 9.49. The van der Waals surface area contributed by atoms with E-state index in [2.05, 4.69) is 22.7 Å². The molecule has 3 nitrogen and oxygen atoms in total. The maximum absolute atomic E-state index is 5.45. The van der Waals surface area contributed by atoms with E-state index in [4.69, 9.17) is 7.85 Å². The Morgan fingerprint density at radius 3 is 1.92 bits per heavy atom. The van der Waals surface area contributed by atoms with Crippen molar-refractivity contribution in [3.05, 3.63) is 11.4 Å². The van der Waals surface area contributed by atoms with E-state index in [9.17, 15) is 0 Å². The molecule has 0 unspecified atom stereocenters. The minimum Gasteiger partial charge on any atom is -0.194 e. The zero-order chi connectivity index (χ0) is 9.68. The minimum atomic E-state index is 0.357. The fourth-order valence-electron chi connectivity index (χ4n) is 0.996. The van der Waals surface area contributed by atoms with Gasteiger partial charge < -0.3 is 0 Å². The number of aromatic nitrogens is 3. The van der Waals surface area contributed by atoms with Gasteiger partial charge >= 0.3 is 0 Å². The van der Waals surface area contributed by atoms with E-state index < -0.39 is 0 Å². The molecule has 0 saturated carbocycles. The van der Waals surface area contributed by atoms with Crippen molar-refractivity contribution < 1.29 is 0 Å². The molecule has 13 heavy (non-hydrogen) atoms. The van der Waals surface area contributed by atoms with E-state index in [0.717, 1.165) is 22.9 Å². The van der Waals surface area contributed by atoms with Crippen molar-refractivity contribution in [2.24, 2.45) is 0 Å². The molecule has 0 aromatic carbocycles. The molecule has 0 aliphatic rings. The highest BCUT2D eigenvalue weighted by molar-refractivity contribution is 7.98. The first-order valence-corrected chi connectivity index (χ1v) is 6.71. The molecule has 0 aliphatic heterocycles. The monoisotopic (exact) mass is 213 g/mol. The van der Waals surface area contributed by atoms with E-state index in [-0.39, 0.29) is 0 Å². The fourth-order valence-corrected chi connectivity index (χ4v) is 1.99. The Morgan fingerprint density at radius 1 is 1.15 bits per heavy atom. The summed E-state index contributed by atoms with van der Waals surface area (Å²) in [5.41, 5.74) is 2.12. The summed E-state index contributed by atoms with van der Waals surface area (Å²) in [6, 6.07) is 0. The molecule has 1 aromatic rings. The number of nitrogens with zero attached hydrogens (tertiary/aromatic N) is 3. The second-order valence-corrected chi connectivity index (χ2v) is 4.25. The number of thioether (sulfide) groups is 2. The van der Waals surface area contributed by atoms with Crippen LogP contribution in [0.4, 0.5) is 0 Å². The van der Waals surface area contributed by atoms with Crippen LogP contribution in [0.1, 0.15) is 11.4 Å². The summed E-state index contributed by atoms with van der Waals surface area (Å²) in [6.07, 6.45) is 4.48. The summed E-state index contributed by atoms with van der Waals surface area (Å²) < 4.78 is 0. The smallest absolute Gasteiger partial charge is 0.0997 e. The third kappa shape index (κ3) is 2.95. The molecule has 0 N–H and O–H groups in total. The van der Waals surface area contributed by atoms with Gasteiger partial charge in [-0.2, -0.15) is 38.5 Å². The van der Waals surface area contributed by atoms with Crippen LogP contribution in [-0.4, -0.2) is 35.4 Å². The van der Waals surface area contributed by atoms with Gasteiger partial charge in [0.1, 0.15) is 0 Å². The molecule has 6 heteroatoms. The summed E-state index contributed by atoms with van der Waals surface area (Å²) in [7, 11) is 5.45. The van der Waals surface area contributed by atoms with Gasteiger partial charge in [-0.3, -0.25) is 0 Å². The van der Waals surface area contributed by atoms with Gasteiger partial charge in [0, 0.05) is 17.9 Å². The Bertz CT molecular complexity index is 241. The van der Waals surface area contributed by atoms with Gasteiger partial charge in [-0.1, -0.05) is 0 Å². The largest absolute Gasteiger partial charge is 0.194 e. The first-order valence-electron chi connectivity index (χ1n) is 3.92. The zero-order valence-electron chi connectivity index (χ0n) is 7.86. The normalized spacial score (nSPS) is 10.6. The van der Waals surface area contributed by atoms with Crippen molar-refractivity contribution in [1.29, 1.82) is 0 Å². The molecule has 0 aliphatic carbocycles. The van der Waals surface area contributed by atoms with Crippen LogP contribution in [0.3, 0.4) is 0 Å². The van der Waals surface area contributed by atoms with Gasteiger partial charge in [-0.25, -0.2) is 0 Å². The van der Waals surface area contributed by atoms with E-state index in [1.54, 1.807) is 28.3 Å². The molecule has 0 spiro atoms. The Hall–Kier alpha value is -0.0951. The standard InChI is InChI=1S/C7H12BN3S2/c1-12-3-6-7(4-13-2)10-11(5-8)9-6/h3-5H2,1-2H3. The second-order valence-electron chi connectivity index (χ2n) is 2.51. The molecule has 0 amide bonds. The summed E-state index contributed by atoms with van der Waals surface area (Å²) in [5.74, 6) is 1.83. The lowest BCUT2D eigenvalue weighted by Crippen LogP contribution is -2.01. The van der Waals surface area contributed by atoms with Crippen LogP contribution in [0.15, 0.2) is 0 Å². The predicted molar refractivity (Wildman–Crippen MR) is 60.2 cm³/mol. The SMILES string of the molecule is [B]Cn1nc(CSC)c(CSC)n1. The van der Waals surface area contributed by atoms with Crippen molar-refractivity contribution in [2.75, 3.05) is 12.5 Å². The molecule has 1 heterocycles. The van der Waals surface area contributed by atoms with Crippen LogP contribution < -0.4 is 0 Å². The van der Waals surface area contributed by atoms with Crippen molar-refractivity contribution >= 4 is 31.4 Å². The number of rotatable bonds is 5. The second kappa shape index (κ2) is 5.60. The third-order valence-corrected chi connectivity index (χ3v) is 2.66. The third-order valence-electron chi connectivity index (χ3n) is 1.53. The Labute approximate surface area is 88.4 Å². The van der Waals surface area contributed by atoms with E-state index in [1.807, 2.05) is 0 Å². The van der Waals surface area contributed by atoms with Gasteiger partial charge in [-0.15, -0.1) is 0 Å². The highest BCUT2D eigenvalue weighted by Gasteiger charge is 2.08. The van der Waals surface area contributed by atoms with Crippen molar-refractivity contribution in [2.45, 2.75) is 17.9 Å². The van der Waals surface area contributed by atoms with Crippen LogP contribution in [0.2, 0.25) is 0 Å². The molecular formula is C7H12BN3S2. The lowest BCUT2D eigenvalue weighted by Gasteiger charge is -1.94. The molecule has 0 saturated heterocycles. The average molecular weight is 213 g/mol. The van der Waals surface area contributed by atoms with E-state index in [1.165, 1.54) is 0 Å². The minimum absolute atomic E-state index is 0.357.